The summed E-state index contributed by atoms with van der Waals surface area (Å²) >= 11 is 0. The number of anilines is 1. The van der Waals surface area contributed by atoms with Crippen molar-refractivity contribution in [1.82, 2.24) is 9.55 Å². The van der Waals surface area contributed by atoms with Crippen molar-refractivity contribution in [1.29, 1.82) is 0 Å². The van der Waals surface area contributed by atoms with Gasteiger partial charge in [0.05, 0.1) is 7.11 Å². The molecule has 1 fully saturated rings. The summed E-state index contributed by atoms with van der Waals surface area (Å²) in [4.78, 5) is 4.87. The molecule has 4 heteroatoms. The normalized spacial score (nSPS) is 15.2. The Morgan fingerprint density at radius 2 is 2.00 bits per heavy atom. The predicted molar refractivity (Wildman–Crippen MR) is 85.6 cm³/mol. The fourth-order valence-corrected chi connectivity index (χ4v) is 2.66. The van der Waals surface area contributed by atoms with Crippen LogP contribution in [0.2, 0.25) is 0 Å². The zero-order valence-electron chi connectivity index (χ0n) is 13.2. The van der Waals surface area contributed by atoms with E-state index in [2.05, 4.69) is 25.3 Å². The number of aromatic nitrogens is 2. The molecular formula is C17H23N3O. The van der Waals surface area contributed by atoms with Gasteiger partial charge < -0.3 is 15.0 Å². The van der Waals surface area contributed by atoms with Crippen LogP contribution in [-0.4, -0.2) is 16.7 Å². The highest BCUT2D eigenvalue weighted by atomic mass is 16.5. The SMILES string of the molecule is COc1cccc(-c2nc(C(C)(C)C)n(C3CC3)c2N)c1. The fraction of sp³-hybridized carbons (Fsp3) is 0.471. The van der Waals surface area contributed by atoms with Crippen molar-refractivity contribution in [3.63, 3.8) is 0 Å². The molecule has 1 aliphatic carbocycles. The molecule has 0 bridgehead atoms. The van der Waals surface area contributed by atoms with Gasteiger partial charge in [-0.3, -0.25) is 0 Å². The van der Waals surface area contributed by atoms with Crippen molar-refractivity contribution in [2.75, 3.05) is 12.8 Å². The molecule has 112 valence electrons. The second-order valence-electron chi connectivity index (χ2n) is 6.75. The summed E-state index contributed by atoms with van der Waals surface area (Å²) in [6.45, 7) is 6.55. The van der Waals surface area contributed by atoms with Gasteiger partial charge in [0.1, 0.15) is 23.1 Å². The first-order valence-corrected chi connectivity index (χ1v) is 7.44. The number of hydrogen-bond acceptors (Lipinski definition) is 3. The Balaban J connectivity index is 2.15. The lowest BCUT2D eigenvalue weighted by Crippen LogP contribution is -2.19. The Kier molecular flexibility index (Phi) is 3.19. The zero-order chi connectivity index (χ0) is 15.2. The van der Waals surface area contributed by atoms with Gasteiger partial charge in [0.2, 0.25) is 0 Å². The summed E-state index contributed by atoms with van der Waals surface area (Å²) < 4.78 is 7.54. The van der Waals surface area contributed by atoms with Crippen molar-refractivity contribution in [3.8, 4) is 17.0 Å². The maximum atomic E-state index is 6.42. The van der Waals surface area contributed by atoms with Gasteiger partial charge in [-0.25, -0.2) is 4.98 Å². The highest BCUT2D eigenvalue weighted by molar-refractivity contribution is 5.72. The minimum absolute atomic E-state index is 0.0200. The molecular weight excluding hydrogens is 262 g/mol. The summed E-state index contributed by atoms with van der Waals surface area (Å²) in [7, 11) is 1.67. The number of nitrogens with two attached hydrogens (primary N) is 1. The highest BCUT2D eigenvalue weighted by Gasteiger charge is 2.34. The van der Waals surface area contributed by atoms with Crippen molar-refractivity contribution in [3.05, 3.63) is 30.1 Å². The van der Waals surface area contributed by atoms with E-state index in [1.807, 2.05) is 24.3 Å². The second kappa shape index (κ2) is 4.79. The molecule has 1 aromatic carbocycles. The third kappa shape index (κ3) is 2.50. The first kappa shape index (κ1) is 14.0. The number of benzene rings is 1. The number of hydrogen-bond donors (Lipinski definition) is 1. The molecule has 3 rings (SSSR count). The van der Waals surface area contributed by atoms with Crippen LogP contribution >= 0.6 is 0 Å². The first-order chi connectivity index (χ1) is 9.91. The van der Waals surface area contributed by atoms with Gasteiger partial charge in [0.25, 0.3) is 0 Å². The fourth-order valence-electron chi connectivity index (χ4n) is 2.66. The van der Waals surface area contributed by atoms with Crippen LogP contribution in [0.3, 0.4) is 0 Å². The number of methoxy groups -OCH3 is 1. The summed E-state index contributed by atoms with van der Waals surface area (Å²) in [5.41, 5.74) is 8.28. The number of imidazole rings is 1. The van der Waals surface area contributed by atoms with E-state index >= 15 is 0 Å². The summed E-state index contributed by atoms with van der Waals surface area (Å²) in [6.07, 6.45) is 2.39. The number of ether oxygens (including phenoxy) is 1. The summed E-state index contributed by atoms with van der Waals surface area (Å²) in [5.74, 6) is 2.67. The third-order valence-corrected chi connectivity index (χ3v) is 3.87. The average molecular weight is 285 g/mol. The van der Waals surface area contributed by atoms with E-state index in [0.29, 0.717) is 6.04 Å². The van der Waals surface area contributed by atoms with E-state index in [0.717, 1.165) is 28.6 Å². The topological polar surface area (TPSA) is 53.1 Å². The molecule has 2 aromatic rings. The lowest BCUT2D eigenvalue weighted by molar-refractivity contribution is 0.415. The van der Waals surface area contributed by atoms with Crippen LogP contribution in [0.15, 0.2) is 24.3 Å². The Bertz CT molecular complexity index is 663. The number of rotatable bonds is 3. The van der Waals surface area contributed by atoms with E-state index in [9.17, 15) is 0 Å². The van der Waals surface area contributed by atoms with Crippen LogP contribution < -0.4 is 10.5 Å². The Morgan fingerprint density at radius 1 is 1.29 bits per heavy atom. The van der Waals surface area contributed by atoms with E-state index in [-0.39, 0.29) is 5.41 Å². The largest absolute Gasteiger partial charge is 0.497 e. The maximum absolute atomic E-state index is 6.42. The number of nitrogen functional groups attached to an aromatic ring is 1. The lowest BCUT2D eigenvalue weighted by atomic mass is 9.95. The van der Waals surface area contributed by atoms with Gasteiger partial charge >= 0.3 is 0 Å². The van der Waals surface area contributed by atoms with Crippen LogP contribution in [0.1, 0.15) is 45.5 Å². The highest BCUT2D eigenvalue weighted by Crippen LogP contribution is 2.43. The first-order valence-electron chi connectivity index (χ1n) is 7.44. The minimum atomic E-state index is -0.0200. The molecule has 1 aromatic heterocycles. The Morgan fingerprint density at radius 3 is 2.57 bits per heavy atom. The van der Waals surface area contributed by atoms with Gasteiger partial charge in [-0.1, -0.05) is 32.9 Å². The molecule has 21 heavy (non-hydrogen) atoms. The van der Waals surface area contributed by atoms with Crippen molar-refractivity contribution < 1.29 is 4.74 Å². The second-order valence-corrected chi connectivity index (χ2v) is 6.75. The van der Waals surface area contributed by atoms with Gasteiger partial charge in [0.15, 0.2) is 0 Å². The van der Waals surface area contributed by atoms with Gasteiger partial charge in [0, 0.05) is 17.0 Å². The van der Waals surface area contributed by atoms with Crippen LogP contribution in [0.25, 0.3) is 11.3 Å². The molecule has 0 unspecified atom stereocenters. The average Bonchev–Trinajstić information content (AvgIpc) is 3.21. The van der Waals surface area contributed by atoms with E-state index in [4.69, 9.17) is 15.5 Å². The van der Waals surface area contributed by atoms with Gasteiger partial charge in [-0.15, -0.1) is 0 Å². The molecule has 4 nitrogen and oxygen atoms in total. The van der Waals surface area contributed by atoms with E-state index < -0.39 is 0 Å². The lowest BCUT2D eigenvalue weighted by Gasteiger charge is -2.20. The molecule has 2 N–H and O–H groups in total. The van der Waals surface area contributed by atoms with Gasteiger partial charge in [-0.2, -0.15) is 0 Å². The van der Waals surface area contributed by atoms with Crippen molar-refractivity contribution >= 4 is 5.82 Å². The molecule has 1 saturated carbocycles. The molecule has 0 aliphatic heterocycles. The van der Waals surface area contributed by atoms with Crippen LogP contribution in [0.5, 0.6) is 5.75 Å². The van der Waals surface area contributed by atoms with Crippen LogP contribution in [0.4, 0.5) is 5.82 Å². The smallest absolute Gasteiger partial charge is 0.132 e. The van der Waals surface area contributed by atoms with Gasteiger partial charge in [-0.05, 0) is 25.0 Å². The van der Waals surface area contributed by atoms with Crippen molar-refractivity contribution in [2.45, 2.75) is 45.1 Å². The zero-order valence-corrected chi connectivity index (χ0v) is 13.2. The summed E-state index contributed by atoms with van der Waals surface area (Å²) in [6, 6.07) is 8.45. The van der Waals surface area contributed by atoms with E-state index in [1.54, 1.807) is 7.11 Å². The Hall–Kier alpha value is -1.97. The Labute approximate surface area is 125 Å². The van der Waals surface area contributed by atoms with Crippen LogP contribution in [-0.2, 0) is 5.41 Å². The van der Waals surface area contributed by atoms with Crippen LogP contribution in [0, 0.1) is 0 Å². The molecule has 1 heterocycles. The minimum Gasteiger partial charge on any atom is -0.497 e. The molecule has 1 aliphatic rings. The maximum Gasteiger partial charge on any atom is 0.132 e. The predicted octanol–water partition coefficient (Wildman–Crippen LogP) is 3.77. The standard InChI is InChI=1S/C17H23N3O/c1-17(2,3)16-19-14(15(18)20(16)12-8-9-12)11-6-5-7-13(10-11)21-4/h5-7,10,12H,8-9,18H2,1-4H3. The molecule has 0 saturated heterocycles. The van der Waals surface area contributed by atoms with Crippen molar-refractivity contribution in [2.24, 2.45) is 0 Å². The molecule has 0 atom stereocenters. The van der Waals surface area contributed by atoms with E-state index in [1.165, 1.54) is 12.8 Å². The third-order valence-electron chi connectivity index (χ3n) is 3.87. The monoisotopic (exact) mass is 285 g/mol. The quantitative estimate of drug-likeness (QED) is 0.934. The summed E-state index contributed by atoms with van der Waals surface area (Å²) in [5, 5.41) is 0. The number of nitrogens with zero attached hydrogens (tertiary/aromatic N) is 2. The molecule has 0 radical (unpaired) electrons. The molecule has 0 spiro atoms. The molecule has 0 amide bonds.